The highest BCUT2D eigenvalue weighted by Gasteiger charge is 2.44. The van der Waals surface area contributed by atoms with Crippen molar-refractivity contribution in [1.29, 1.82) is 0 Å². The first kappa shape index (κ1) is 14.3. The second kappa shape index (κ2) is 5.71. The highest BCUT2D eigenvalue weighted by atomic mass is 35.5. The van der Waals surface area contributed by atoms with E-state index >= 15 is 0 Å². The van der Waals surface area contributed by atoms with Gasteiger partial charge in [-0.1, -0.05) is 23.7 Å². The number of rotatable bonds is 4. The van der Waals surface area contributed by atoms with Crippen LogP contribution in [0.25, 0.3) is 0 Å². The second-order valence-corrected chi connectivity index (χ2v) is 4.70. The molecule has 0 radical (unpaired) electrons. The first-order valence-corrected chi connectivity index (χ1v) is 5.77. The summed E-state index contributed by atoms with van der Waals surface area (Å²) in [6, 6.07) is 7.84. The van der Waals surface area contributed by atoms with Crippen molar-refractivity contribution in [1.82, 2.24) is 5.32 Å². The summed E-state index contributed by atoms with van der Waals surface area (Å²) >= 11 is 5.85. The van der Waals surface area contributed by atoms with Gasteiger partial charge in [-0.2, -0.15) is 0 Å². The van der Waals surface area contributed by atoms with Crippen LogP contribution < -0.4 is 11.1 Å². The van der Waals surface area contributed by atoms with Gasteiger partial charge in [-0.3, -0.25) is 4.79 Å². The molecule has 0 aromatic heterocycles. The van der Waals surface area contributed by atoms with Crippen LogP contribution in [0.4, 0.5) is 0 Å². The topological polar surface area (TPSA) is 55.1 Å². The smallest absolute Gasteiger partial charge is 0.233 e. The summed E-state index contributed by atoms with van der Waals surface area (Å²) in [4.78, 5) is 11.1. The molecule has 1 aromatic carbocycles. The average Bonchev–Trinajstić information content (AvgIpc) is 3.08. The molecule has 17 heavy (non-hydrogen) atoms. The van der Waals surface area contributed by atoms with Crippen LogP contribution in [0.1, 0.15) is 18.4 Å². The standard InChI is InChI=1S/C12H15ClN2O.ClH/c13-10-3-1-9(2-4-10)12(5-6-12)8-15-11(16)7-14;/h1-4H,5-8,14H2,(H,15,16);1H. The maximum atomic E-state index is 11.1. The van der Waals surface area contributed by atoms with Gasteiger partial charge in [0, 0.05) is 17.0 Å². The molecule has 5 heteroatoms. The van der Waals surface area contributed by atoms with Crippen LogP contribution >= 0.6 is 24.0 Å². The van der Waals surface area contributed by atoms with Gasteiger partial charge < -0.3 is 11.1 Å². The molecule has 1 saturated carbocycles. The van der Waals surface area contributed by atoms with Crippen molar-refractivity contribution in [2.45, 2.75) is 18.3 Å². The minimum atomic E-state index is -0.0970. The first-order chi connectivity index (χ1) is 7.66. The number of nitrogens with two attached hydrogens (primary N) is 1. The third-order valence-corrected chi connectivity index (χ3v) is 3.37. The summed E-state index contributed by atoms with van der Waals surface area (Å²) in [5.74, 6) is -0.0970. The molecule has 2 rings (SSSR count). The van der Waals surface area contributed by atoms with Crippen molar-refractivity contribution in [3.63, 3.8) is 0 Å². The van der Waals surface area contributed by atoms with E-state index in [1.165, 1.54) is 5.56 Å². The quantitative estimate of drug-likeness (QED) is 0.881. The lowest BCUT2D eigenvalue weighted by atomic mass is 9.96. The Labute approximate surface area is 112 Å². The van der Waals surface area contributed by atoms with E-state index in [4.69, 9.17) is 17.3 Å². The average molecular weight is 275 g/mol. The van der Waals surface area contributed by atoms with Gasteiger partial charge in [-0.15, -0.1) is 12.4 Å². The summed E-state index contributed by atoms with van der Waals surface area (Å²) in [6.07, 6.45) is 2.22. The normalized spacial score (nSPS) is 15.9. The molecule has 0 atom stereocenters. The molecule has 94 valence electrons. The maximum Gasteiger partial charge on any atom is 0.233 e. The van der Waals surface area contributed by atoms with Gasteiger partial charge in [-0.25, -0.2) is 0 Å². The van der Waals surface area contributed by atoms with Crippen molar-refractivity contribution >= 4 is 29.9 Å². The summed E-state index contributed by atoms with van der Waals surface area (Å²) < 4.78 is 0. The number of carbonyl (C=O) groups excluding carboxylic acids is 1. The van der Waals surface area contributed by atoms with E-state index in [0.29, 0.717) is 6.54 Å². The van der Waals surface area contributed by atoms with E-state index < -0.39 is 0 Å². The number of hydrogen-bond acceptors (Lipinski definition) is 2. The highest BCUT2D eigenvalue weighted by molar-refractivity contribution is 6.30. The zero-order valence-corrected chi connectivity index (χ0v) is 11.0. The second-order valence-electron chi connectivity index (χ2n) is 4.27. The minimum Gasteiger partial charge on any atom is -0.354 e. The molecule has 1 aliphatic carbocycles. The molecule has 0 heterocycles. The Bertz CT molecular complexity index is 388. The van der Waals surface area contributed by atoms with Crippen LogP contribution in [-0.4, -0.2) is 19.0 Å². The number of benzene rings is 1. The fourth-order valence-electron chi connectivity index (χ4n) is 1.86. The van der Waals surface area contributed by atoms with Crippen molar-refractivity contribution in [2.75, 3.05) is 13.1 Å². The van der Waals surface area contributed by atoms with E-state index in [1.54, 1.807) is 0 Å². The van der Waals surface area contributed by atoms with Crippen molar-refractivity contribution < 1.29 is 4.79 Å². The van der Waals surface area contributed by atoms with Gasteiger partial charge in [-0.05, 0) is 30.5 Å². The molecule has 0 bridgehead atoms. The Morgan fingerprint density at radius 3 is 2.41 bits per heavy atom. The van der Waals surface area contributed by atoms with Crippen LogP contribution in [-0.2, 0) is 10.2 Å². The van der Waals surface area contributed by atoms with E-state index in [2.05, 4.69) is 5.32 Å². The first-order valence-electron chi connectivity index (χ1n) is 5.39. The third kappa shape index (κ3) is 3.35. The van der Waals surface area contributed by atoms with E-state index in [-0.39, 0.29) is 30.3 Å². The molecule has 1 amide bonds. The molecule has 0 spiro atoms. The Morgan fingerprint density at radius 2 is 1.94 bits per heavy atom. The molecular weight excluding hydrogens is 259 g/mol. The minimum absolute atomic E-state index is 0. The summed E-state index contributed by atoms with van der Waals surface area (Å²) in [5, 5.41) is 3.59. The van der Waals surface area contributed by atoms with Crippen LogP contribution in [0.2, 0.25) is 5.02 Å². The Hall–Kier alpha value is -0.770. The van der Waals surface area contributed by atoms with Crippen LogP contribution in [0, 0.1) is 0 Å². The fourth-order valence-corrected chi connectivity index (χ4v) is 1.99. The Kier molecular flexibility index (Phi) is 4.80. The van der Waals surface area contributed by atoms with E-state index in [0.717, 1.165) is 17.9 Å². The Balaban J connectivity index is 0.00000144. The third-order valence-electron chi connectivity index (χ3n) is 3.12. The Morgan fingerprint density at radius 1 is 1.35 bits per heavy atom. The van der Waals surface area contributed by atoms with Gasteiger partial charge in [0.1, 0.15) is 0 Å². The van der Waals surface area contributed by atoms with Crippen LogP contribution in [0.15, 0.2) is 24.3 Å². The number of amides is 1. The summed E-state index contributed by atoms with van der Waals surface area (Å²) in [6.45, 7) is 0.724. The molecule has 0 unspecified atom stereocenters. The predicted molar refractivity (Wildman–Crippen MR) is 71.7 cm³/mol. The lowest BCUT2D eigenvalue weighted by molar-refractivity contribution is -0.119. The number of nitrogens with one attached hydrogen (secondary N) is 1. The van der Waals surface area contributed by atoms with Gasteiger partial charge in [0.25, 0.3) is 0 Å². The van der Waals surface area contributed by atoms with Crippen molar-refractivity contribution in [2.24, 2.45) is 5.73 Å². The number of halogens is 2. The SMILES string of the molecule is Cl.NCC(=O)NCC1(c2ccc(Cl)cc2)CC1. The fraction of sp³-hybridized carbons (Fsp3) is 0.417. The zero-order chi connectivity index (χ0) is 11.6. The largest absolute Gasteiger partial charge is 0.354 e. The molecule has 1 aromatic rings. The molecule has 3 N–H and O–H groups in total. The van der Waals surface area contributed by atoms with Gasteiger partial charge in [0.15, 0.2) is 0 Å². The van der Waals surface area contributed by atoms with Crippen molar-refractivity contribution in [3.8, 4) is 0 Å². The molecule has 1 aliphatic rings. The molecule has 0 saturated heterocycles. The molecule has 3 nitrogen and oxygen atoms in total. The molecule has 1 fully saturated rings. The zero-order valence-electron chi connectivity index (χ0n) is 9.41. The highest BCUT2D eigenvalue weighted by Crippen LogP contribution is 2.47. The maximum absolute atomic E-state index is 11.1. The van der Waals surface area contributed by atoms with Crippen molar-refractivity contribution in [3.05, 3.63) is 34.9 Å². The van der Waals surface area contributed by atoms with Gasteiger partial charge in [0.2, 0.25) is 5.91 Å². The molecule has 0 aliphatic heterocycles. The number of carbonyl (C=O) groups is 1. The van der Waals surface area contributed by atoms with Gasteiger partial charge in [0.05, 0.1) is 6.54 Å². The van der Waals surface area contributed by atoms with Crippen LogP contribution in [0.3, 0.4) is 0 Å². The molecular formula is C12H16Cl2N2O. The van der Waals surface area contributed by atoms with E-state index in [9.17, 15) is 4.79 Å². The monoisotopic (exact) mass is 274 g/mol. The van der Waals surface area contributed by atoms with Gasteiger partial charge >= 0.3 is 0 Å². The summed E-state index contributed by atoms with van der Waals surface area (Å²) in [7, 11) is 0. The summed E-state index contributed by atoms with van der Waals surface area (Å²) in [5.41, 5.74) is 6.62. The predicted octanol–water partition coefficient (Wildman–Crippen LogP) is 1.87. The lowest BCUT2D eigenvalue weighted by Gasteiger charge is -2.16. The lowest BCUT2D eigenvalue weighted by Crippen LogP contribution is -2.36. The van der Waals surface area contributed by atoms with Crippen LogP contribution in [0.5, 0.6) is 0 Å². The number of hydrogen-bond donors (Lipinski definition) is 2. The van der Waals surface area contributed by atoms with E-state index in [1.807, 2.05) is 24.3 Å².